The Kier molecular flexibility index (Phi) is 4.29. The summed E-state index contributed by atoms with van der Waals surface area (Å²) in [7, 11) is 1.64. The van der Waals surface area contributed by atoms with E-state index in [4.69, 9.17) is 10.5 Å². The average molecular weight is 256 g/mol. The van der Waals surface area contributed by atoms with Crippen molar-refractivity contribution >= 4 is 11.4 Å². The second-order valence-electron chi connectivity index (χ2n) is 4.52. The Labute approximate surface area is 114 Å². The van der Waals surface area contributed by atoms with Crippen molar-refractivity contribution in [3.63, 3.8) is 0 Å². The van der Waals surface area contributed by atoms with Gasteiger partial charge in [0.05, 0.1) is 7.11 Å². The predicted molar refractivity (Wildman–Crippen MR) is 80.6 cm³/mol. The van der Waals surface area contributed by atoms with E-state index >= 15 is 0 Å². The molecule has 0 saturated carbocycles. The molecule has 3 nitrogen and oxygen atoms in total. The highest BCUT2D eigenvalue weighted by atomic mass is 16.5. The lowest BCUT2D eigenvalue weighted by Crippen LogP contribution is -2.00. The topological polar surface area (TPSA) is 47.3 Å². The van der Waals surface area contributed by atoms with E-state index in [0.717, 1.165) is 24.4 Å². The molecule has 0 bridgehead atoms. The highest BCUT2D eigenvalue weighted by Gasteiger charge is 1.99. The number of anilines is 2. The fourth-order valence-electron chi connectivity index (χ4n) is 1.94. The minimum atomic E-state index is 0.697. The second kappa shape index (κ2) is 6.14. The van der Waals surface area contributed by atoms with Gasteiger partial charge in [0, 0.05) is 30.1 Å². The summed E-state index contributed by atoms with van der Waals surface area (Å²) in [4.78, 5) is 0. The summed E-state index contributed by atoms with van der Waals surface area (Å²) in [5.41, 5.74) is 10.1. The highest BCUT2D eigenvalue weighted by molar-refractivity contribution is 5.59. The number of nitrogen functional groups attached to an aromatic ring is 1. The van der Waals surface area contributed by atoms with Crippen molar-refractivity contribution in [2.24, 2.45) is 0 Å². The molecule has 0 amide bonds. The van der Waals surface area contributed by atoms with Gasteiger partial charge in [-0.15, -0.1) is 0 Å². The Morgan fingerprint density at radius 2 is 1.74 bits per heavy atom. The van der Waals surface area contributed by atoms with Crippen LogP contribution in [0.1, 0.15) is 18.1 Å². The summed E-state index contributed by atoms with van der Waals surface area (Å²) in [6.07, 6.45) is 1.07. The SMILES string of the molecule is CCc1ccc(CNc2cc(N)cc(OC)c2)cc1. The van der Waals surface area contributed by atoms with Gasteiger partial charge in [-0.2, -0.15) is 0 Å². The third kappa shape index (κ3) is 3.65. The zero-order valence-electron chi connectivity index (χ0n) is 11.4. The minimum Gasteiger partial charge on any atom is -0.497 e. The first kappa shape index (κ1) is 13.3. The molecule has 0 fully saturated rings. The van der Waals surface area contributed by atoms with Gasteiger partial charge in [-0.1, -0.05) is 31.2 Å². The van der Waals surface area contributed by atoms with Crippen molar-refractivity contribution in [2.45, 2.75) is 19.9 Å². The van der Waals surface area contributed by atoms with Gasteiger partial charge in [-0.3, -0.25) is 0 Å². The van der Waals surface area contributed by atoms with E-state index in [9.17, 15) is 0 Å². The van der Waals surface area contributed by atoms with E-state index in [1.54, 1.807) is 13.2 Å². The van der Waals surface area contributed by atoms with Gasteiger partial charge in [0.2, 0.25) is 0 Å². The van der Waals surface area contributed by atoms with Crippen LogP contribution in [0.2, 0.25) is 0 Å². The molecular weight excluding hydrogens is 236 g/mol. The molecule has 3 heteroatoms. The molecule has 100 valence electrons. The number of nitrogens with one attached hydrogen (secondary N) is 1. The third-order valence-corrected chi connectivity index (χ3v) is 3.09. The van der Waals surface area contributed by atoms with Gasteiger partial charge in [-0.25, -0.2) is 0 Å². The molecule has 0 aromatic heterocycles. The fraction of sp³-hybridized carbons (Fsp3) is 0.250. The molecule has 2 aromatic carbocycles. The molecule has 0 aliphatic rings. The van der Waals surface area contributed by atoms with Crippen molar-refractivity contribution in [2.75, 3.05) is 18.2 Å². The number of hydrogen-bond acceptors (Lipinski definition) is 3. The van der Waals surface area contributed by atoms with E-state index < -0.39 is 0 Å². The van der Waals surface area contributed by atoms with E-state index in [2.05, 4.69) is 36.5 Å². The maximum absolute atomic E-state index is 5.82. The molecule has 0 atom stereocenters. The molecule has 0 aliphatic carbocycles. The van der Waals surface area contributed by atoms with Crippen molar-refractivity contribution in [1.29, 1.82) is 0 Å². The van der Waals surface area contributed by atoms with Crippen LogP contribution in [0.5, 0.6) is 5.75 Å². The number of ether oxygens (including phenoxy) is 1. The average Bonchev–Trinajstić information content (AvgIpc) is 2.45. The summed E-state index contributed by atoms with van der Waals surface area (Å²) >= 11 is 0. The van der Waals surface area contributed by atoms with E-state index in [-0.39, 0.29) is 0 Å². The van der Waals surface area contributed by atoms with Crippen LogP contribution in [0.25, 0.3) is 0 Å². The lowest BCUT2D eigenvalue weighted by molar-refractivity contribution is 0.415. The van der Waals surface area contributed by atoms with E-state index in [1.807, 2.05) is 12.1 Å². The third-order valence-electron chi connectivity index (χ3n) is 3.09. The zero-order chi connectivity index (χ0) is 13.7. The quantitative estimate of drug-likeness (QED) is 0.805. The summed E-state index contributed by atoms with van der Waals surface area (Å²) in [6.45, 7) is 2.93. The van der Waals surface area contributed by atoms with Crippen molar-refractivity contribution < 1.29 is 4.74 Å². The Balaban J connectivity index is 2.03. The van der Waals surface area contributed by atoms with Gasteiger partial charge >= 0.3 is 0 Å². The Morgan fingerprint density at radius 3 is 2.37 bits per heavy atom. The van der Waals surface area contributed by atoms with Gasteiger partial charge < -0.3 is 15.8 Å². The molecule has 0 unspecified atom stereocenters. The van der Waals surface area contributed by atoms with Gasteiger partial charge in [-0.05, 0) is 23.6 Å². The first-order valence-electron chi connectivity index (χ1n) is 6.47. The summed E-state index contributed by atoms with van der Waals surface area (Å²) in [6, 6.07) is 14.3. The van der Waals surface area contributed by atoms with Crippen LogP contribution < -0.4 is 15.8 Å². The number of rotatable bonds is 5. The first-order chi connectivity index (χ1) is 9.21. The number of hydrogen-bond donors (Lipinski definition) is 2. The van der Waals surface area contributed by atoms with Crippen molar-refractivity contribution in [1.82, 2.24) is 0 Å². The Morgan fingerprint density at radius 1 is 1.05 bits per heavy atom. The Hall–Kier alpha value is -2.16. The minimum absolute atomic E-state index is 0.697. The zero-order valence-corrected chi connectivity index (χ0v) is 11.4. The molecule has 2 aromatic rings. The smallest absolute Gasteiger partial charge is 0.122 e. The standard InChI is InChI=1S/C16H20N2O/c1-3-12-4-6-13(7-5-12)11-18-15-8-14(17)9-16(10-15)19-2/h4-10,18H,3,11,17H2,1-2H3. The largest absolute Gasteiger partial charge is 0.497 e. The summed E-state index contributed by atoms with van der Waals surface area (Å²) in [5.74, 6) is 0.767. The molecule has 0 radical (unpaired) electrons. The Bertz CT molecular complexity index is 535. The molecular formula is C16H20N2O. The summed E-state index contributed by atoms with van der Waals surface area (Å²) < 4.78 is 5.20. The lowest BCUT2D eigenvalue weighted by Gasteiger charge is -2.10. The number of nitrogens with two attached hydrogens (primary N) is 1. The number of benzene rings is 2. The van der Waals surface area contributed by atoms with E-state index in [1.165, 1.54) is 11.1 Å². The summed E-state index contributed by atoms with van der Waals surface area (Å²) in [5, 5.41) is 3.35. The highest BCUT2D eigenvalue weighted by Crippen LogP contribution is 2.22. The van der Waals surface area contributed by atoms with Crippen LogP contribution in [-0.2, 0) is 13.0 Å². The molecule has 3 N–H and O–H groups in total. The monoisotopic (exact) mass is 256 g/mol. The number of aryl methyl sites for hydroxylation is 1. The maximum atomic E-state index is 5.82. The van der Waals surface area contributed by atoms with Crippen LogP contribution in [0, 0.1) is 0 Å². The van der Waals surface area contributed by atoms with Crippen molar-refractivity contribution in [3.8, 4) is 5.75 Å². The van der Waals surface area contributed by atoms with Crippen molar-refractivity contribution in [3.05, 3.63) is 53.6 Å². The van der Waals surface area contributed by atoms with Crippen LogP contribution in [0.4, 0.5) is 11.4 Å². The predicted octanol–water partition coefficient (Wildman–Crippen LogP) is 3.45. The molecule has 0 saturated heterocycles. The molecule has 2 rings (SSSR count). The van der Waals surface area contributed by atoms with Gasteiger partial charge in [0.25, 0.3) is 0 Å². The number of methoxy groups -OCH3 is 1. The molecule has 0 heterocycles. The van der Waals surface area contributed by atoms with Crippen LogP contribution in [0.15, 0.2) is 42.5 Å². The normalized spacial score (nSPS) is 10.2. The van der Waals surface area contributed by atoms with Gasteiger partial charge in [0.15, 0.2) is 0 Å². The van der Waals surface area contributed by atoms with Crippen LogP contribution in [-0.4, -0.2) is 7.11 Å². The maximum Gasteiger partial charge on any atom is 0.122 e. The lowest BCUT2D eigenvalue weighted by atomic mass is 10.1. The second-order valence-corrected chi connectivity index (χ2v) is 4.52. The molecule has 0 spiro atoms. The fourth-order valence-corrected chi connectivity index (χ4v) is 1.94. The first-order valence-corrected chi connectivity index (χ1v) is 6.47. The molecule has 0 aliphatic heterocycles. The van der Waals surface area contributed by atoms with Crippen LogP contribution in [0.3, 0.4) is 0 Å². The van der Waals surface area contributed by atoms with E-state index in [0.29, 0.717) is 5.69 Å². The van der Waals surface area contributed by atoms with Crippen LogP contribution >= 0.6 is 0 Å². The van der Waals surface area contributed by atoms with Gasteiger partial charge in [0.1, 0.15) is 5.75 Å². The molecule has 19 heavy (non-hydrogen) atoms.